The number of anilines is 1. The summed E-state index contributed by atoms with van der Waals surface area (Å²) in [4.78, 5) is 11.4. The Labute approximate surface area is 92.4 Å². The lowest BCUT2D eigenvalue weighted by molar-refractivity contribution is 0.101. The molecule has 0 aliphatic carbocycles. The molecule has 0 aliphatic rings. The van der Waals surface area contributed by atoms with Crippen molar-refractivity contribution >= 4 is 22.1 Å². The molecule has 2 nitrogen and oxygen atoms in total. The molecule has 0 fully saturated rings. The Morgan fingerprint density at radius 1 is 1.27 bits per heavy atom. The number of nitrogens with two attached hydrogens (primary N) is 1. The van der Waals surface area contributed by atoms with E-state index in [9.17, 15) is 4.79 Å². The number of hydrogen-bond acceptors (Lipinski definition) is 3. The summed E-state index contributed by atoms with van der Waals surface area (Å²) in [6.45, 7) is 1.55. The van der Waals surface area contributed by atoms with Crippen molar-refractivity contribution < 1.29 is 4.79 Å². The van der Waals surface area contributed by atoms with Crippen molar-refractivity contribution in [3.8, 4) is 11.1 Å². The average Bonchev–Trinajstić information content (AvgIpc) is 2.61. The number of hydrogen-bond donors (Lipinski definition) is 1. The number of Topliss-reactive ketones (excluding diaryl/α,β-unsaturated/α-hetero) is 1. The highest BCUT2D eigenvalue weighted by atomic mass is 32.1. The Hall–Kier alpha value is -1.61. The monoisotopic (exact) mass is 217 g/mol. The van der Waals surface area contributed by atoms with Crippen molar-refractivity contribution in [3.05, 3.63) is 41.3 Å². The number of ketones is 1. The van der Waals surface area contributed by atoms with Gasteiger partial charge in [-0.15, -0.1) is 11.3 Å². The highest BCUT2D eigenvalue weighted by Gasteiger charge is 2.14. The fourth-order valence-electron chi connectivity index (χ4n) is 1.57. The van der Waals surface area contributed by atoms with Crippen LogP contribution in [0.5, 0.6) is 0 Å². The van der Waals surface area contributed by atoms with Gasteiger partial charge in [-0.1, -0.05) is 30.3 Å². The first-order chi connectivity index (χ1) is 7.20. The minimum atomic E-state index is 0.0209. The number of nitrogen functional groups attached to an aromatic ring is 1. The van der Waals surface area contributed by atoms with Gasteiger partial charge in [-0.05, 0) is 12.5 Å². The lowest BCUT2D eigenvalue weighted by Gasteiger charge is -2.01. The lowest BCUT2D eigenvalue weighted by Crippen LogP contribution is -1.97. The molecule has 0 aliphatic heterocycles. The zero-order chi connectivity index (χ0) is 10.8. The van der Waals surface area contributed by atoms with Crippen LogP contribution >= 0.6 is 11.3 Å². The second-order valence-electron chi connectivity index (χ2n) is 3.31. The second kappa shape index (κ2) is 3.87. The maximum Gasteiger partial charge on any atom is 0.163 e. The molecule has 1 aromatic heterocycles. The Bertz CT molecular complexity index is 488. The molecule has 3 heteroatoms. The van der Waals surface area contributed by atoms with Gasteiger partial charge in [0.05, 0.1) is 10.6 Å². The summed E-state index contributed by atoms with van der Waals surface area (Å²) in [5, 5.41) is 2.53. The van der Waals surface area contributed by atoms with Gasteiger partial charge in [0.2, 0.25) is 0 Å². The van der Waals surface area contributed by atoms with Crippen molar-refractivity contribution in [1.82, 2.24) is 0 Å². The standard InChI is InChI=1S/C12H11NOS/c1-8(14)11-10(7-15-12(11)13)9-5-3-2-4-6-9/h2-7H,13H2,1H3. The molecule has 2 N–H and O–H groups in total. The summed E-state index contributed by atoms with van der Waals surface area (Å²) in [6.07, 6.45) is 0. The fraction of sp³-hybridized carbons (Fsp3) is 0.0833. The van der Waals surface area contributed by atoms with Gasteiger partial charge in [-0.25, -0.2) is 0 Å². The Kier molecular flexibility index (Phi) is 2.56. The zero-order valence-corrected chi connectivity index (χ0v) is 9.17. The average molecular weight is 217 g/mol. The molecule has 0 saturated carbocycles. The van der Waals surface area contributed by atoms with E-state index in [2.05, 4.69) is 0 Å². The minimum Gasteiger partial charge on any atom is -0.390 e. The first kappa shape index (κ1) is 9.93. The molecule has 0 amide bonds. The van der Waals surface area contributed by atoms with Gasteiger partial charge in [0.15, 0.2) is 5.78 Å². The molecular weight excluding hydrogens is 206 g/mol. The van der Waals surface area contributed by atoms with E-state index in [0.29, 0.717) is 10.6 Å². The van der Waals surface area contributed by atoms with Crippen LogP contribution in [0.15, 0.2) is 35.7 Å². The van der Waals surface area contributed by atoms with E-state index in [0.717, 1.165) is 11.1 Å². The van der Waals surface area contributed by atoms with E-state index in [-0.39, 0.29) is 5.78 Å². The maximum absolute atomic E-state index is 11.4. The van der Waals surface area contributed by atoms with Crippen LogP contribution in [0.25, 0.3) is 11.1 Å². The van der Waals surface area contributed by atoms with E-state index >= 15 is 0 Å². The van der Waals surface area contributed by atoms with Crippen LogP contribution in [0.4, 0.5) is 5.00 Å². The highest BCUT2D eigenvalue weighted by Crippen LogP contribution is 2.33. The summed E-state index contributed by atoms with van der Waals surface area (Å²) >= 11 is 1.41. The van der Waals surface area contributed by atoms with Crippen LogP contribution in [-0.2, 0) is 0 Å². The van der Waals surface area contributed by atoms with Gasteiger partial charge in [0.1, 0.15) is 0 Å². The quantitative estimate of drug-likeness (QED) is 0.785. The number of carbonyl (C=O) groups is 1. The van der Waals surface area contributed by atoms with Crippen molar-refractivity contribution in [3.63, 3.8) is 0 Å². The minimum absolute atomic E-state index is 0.0209. The van der Waals surface area contributed by atoms with E-state index in [1.807, 2.05) is 35.7 Å². The SMILES string of the molecule is CC(=O)c1c(-c2ccccc2)csc1N. The zero-order valence-electron chi connectivity index (χ0n) is 8.36. The Morgan fingerprint density at radius 3 is 2.53 bits per heavy atom. The van der Waals surface area contributed by atoms with E-state index in [1.54, 1.807) is 6.92 Å². The van der Waals surface area contributed by atoms with Crippen LogP contribution in [0, 0.1) is 0 Å². The number of benzene rings is 1. The molecule has 0 unspecified atom stereocenters. The predicted octanol–water partition coefficient (Wildman–Crippen LogP) is 3.20. The third-order valence-corrected chi connectivity index (χ3v) is 3.07. The molecule has 0 spiro atoms. The first-order valence-electron chi connectivity index (χ1n) is 4.63. The number of rotatable bonds is 2. The smallest absolute Gasteiger partial charge is 0.163 e. The van der Waals surface area contributed by atoms with Crippen LogP contribution in [-0.4, -0.2) is 5.78 Å². The summed E-state index contributed by atoms with van der Waals surface area (Å²) < 4.78 is 0. The van der Waals surface area contributed by atoms with E-state index in [1.165, 1.54) is 11.3 Å². The first-order valence-corrected chi connectivity index (χ1v) is 5.51. The molecule has 0 atom stereocenters. The Morgan fingerprint density at radius 2 is 1.93 bits per heavy atom. The summed E-state index contributed by atoms with van der Waals surface area (Å²) in [5.41, 5.74) is 8.40. The van der Waals surface area contributed by atoms with Crippen molar-refractivity contribution in [1.29, 1.82) is 0 Å². The fourth-order valence-corrected chi connectivity index (χ4v) is 2.44. The number of carbonyl (C=O) groups excluding carboxylic acids is 1. The molecule has 76 valence electrons. The molecular formula is C12H11NOS. The third-order valence-electron chi connectivity index (χ3n) is 2.26. The molecule has 2 rings (SSSR count). The topological polar surface area (TPSA) is 43.1 Å². The van der Waals surface area contributed by atoms with Gasteiger partial charge < -0.3 is 5.73 Å². The van der Waals surface area contributed by atoms with Crippen LogP contribution in [0.2, 0.25) is 0 Å². The van der Waals surface area contributed by atoms with Gasteiger partial charge >= 0.3 is 0 Å². The van der Waals surface area contributed by atoms with Crippen LogP contribution in [0.1, 0.15) is 17.3 Å². The van der Waals surface area contributed by atoms with Crippen molar-refractivity contribution in [2.45, 2.75) is 6.92 Å². The maximum atomic E-state index is 11.4. The van der Waals surface area contributed by atoms with Crippen molar-refractivity contribution in [2.24, 2.45) is 0 Å². The second-order valence-corrected chi connectivity index (χ2v) is 4.22. The van der Waals surface area contributed by atoms with Crippen LogP contribution in [0.3, 0.4) is 0 Å². The Balaban J connectivity index is 2.59. The molecule has 0 radical (unpaired) electrons. The third kappa shape index (κ3) is 1.78. The predicted molar refractivity (Wildman–Crippen MR) is 64.2 cm³/mol. The van der Waals surface area contributed by atoms with Gasteiger partial charge in [0.25, 0.3) is 0 Å². The normalized spacial score (nSPS) is 10.2. The largest absolute Gasteiger partial charge is 0.390 e. The van der Waals surface area contributed by atoms with E-state index in [4.69, 9.17) is 5.73 Å². The summed E-state index contributed by atoms with van der Waals surface area (Å²) in [5.74, 6) is 0.0209. The highest BCUT2D eigenvalue weighted by molar-refractivity contribution is 7.15. The van der Waals surface area contributed by atoms with Gasteiger partial charge in [0, 0.05) is 10.9 Å². The summed E-state index contributed by atoms with van der Waals surface area (Å²) in [6, 6.07) is 9.81. The lowest BCUT2D eigenvalue weighted by atomic mass is 10.0. The molecule has 0 saturated heterocycles. The molecule has 1 heterocycles. The summed E-state index contributed by atoms with van der Waals surface area (Å²) in [7, 11) is 0. The van der Waals surface area contributed by atoms with E-state index < -0.39 is 0 Å². The molecule has 2 aromatic rings. The van der Waals surface area contributed by atoms with Gasteiger partial charge in [-0.3, -0.25) is 4.79 Å². The number of thiophene rings is 1. The van der Waals surface area contributed by atoms with Crippen LogP contribution < -0.4 is 5.73 Å². The molecule has 15 heavy (non-hydrogen) atoms. The molecule has 1 aromatic carbocycles. The van der Waals surface area contributed by atoms with Crippen molar-refractivity contribution in [2.75, 3.05) is 5.73 Å². The molecule has 0 bridgehead atoms. The van der Waals surface area contributed by atoms with Gasteiger partial charge in [-0.2, -0.15) is 0 Å².